The molecule has 1 saturated carbocycles. The van der Waals surface area contributed by atoms with E-state index < -0.39 is 0 Å². The molecule has 1 aromatic carbocycles. The van der Waals surface area contributed by atoms with Gasteiger partial charge in [0, 0.05) is 24.3 Å². The number of nitrogens with zero attached hydrogens (tertiary/aromatic N) is 5. The van der Waals surface area contributed by atoms with Crippen molar-refractivity contribution in [1.29, 1.82) is 5.26 Å². The Balaban J connectivity index is 1.35. The summed E-state index contributed by atoms with van der Waals surface area (Å²) in [6, 6.07) is 11.0. The number of hydrazine groups is 1. The van der Waals surface area contributed by atoms with Gasteiger partial charge in [0.05, 0.1) is 30.3 Å². The van der Waals surface area contributed by atoms with E-state index in [0.29, 0.717) is 6.54 Å². The Kier molecular flexibility index (Phi) is 5.81. The van der Waals surface area contributed by atoms with Crippen molar-refractivity contribution in [3.05, 3.63) is 42.2 Å². The molecular formula is C24H32N8O. The van der Waals surface area contributed by atoms with Gasteiger partial charge in [-0.2, -0.15) is 20.3 Å². The summed E-state index contributed by atoms with van der Waals surface area (Å²) in [5, 5.41) is 27.1. The van der Waals surface area contributed by atoms with Gasteiger partial charge in [0.2, 0.25) is 5.91 Å². The molecule has 3 heterocycles. The van der Waals surface area contributed by atoms with Gasteiger partial charge < -0.3 is 10.6 Å². The van der Waals surface area contributed by atoms with E-state index in [4.69, 9.17) is 0 Å². The number of nitrogens with one attached hydrogen (secondary N) is 3. The molecule has 1 aliphatic carbocycles. The van der Waals surface area contributed by atoms with Crippen molar-refractivity contribution in [2.45, 2.75) is 69.7 Å². The van der Waals surface area contributed by atoms with Crippen LogP contribution < -0.4 is 16.1 Å². The highest BCUT2D eigenvalue weighted by molar-refractivity contribution is 5.82. The van der Waals surface area contributed by atoms with Crippen molar-refractivity contribution in [3.8, 4) is 6.07 Å². The van der Waals surface area contributed by atoms with Gasteiger partial charge in [0.15, 0.2) is 0 Å². The molecule has 0 bridgehead atoms. The van der Waals surface area contributed by atoms with Crippen molar-refractivity contribution in [1.82, 2.24) is 30.7 Å². The monoisotopic (exact) mass is 448 g/mol. The van der Waals surface area contributed by atoms with Gasteiger partial charge in [-0.3, -0.25) is 4.79 Å². The van der Waals surface area contributed by atoms with Crippen LogP contribution in [0.4, 0.5) is 5.69 Å². The molecule has 0 spiro atoms. The number of nitriles is 1. The van der Waals surface area contributed by atoms with Crippen LogP contribution in [0.3, 0.4) is 0 Å². The second-order valence-electron chi connectivity index (χ2n) is 9.87. The summed E-state index contributed by atoms with van der Waals surface area (Å²) in [5.41, 5.74) is 5.27. The number of carbonyl (C=O) groups excluding carboxylic acids is 1. The maximum absolute atomic E-state index is 12.9. The minimum Gasteiger partial charge on any atom is -0.368 e. The topological polar surface area (TPSA) is 111 Å². The molecule has 174 valence electrons. The number of benzene rings is 1. The third-order valence-electron chi connectivity index (χ3n) is 7.55. The van der Waals surface area contributed by atoms with Gasteiger partial charge in [-0.15, -0.1) is 0 Å². The first-order valence-electron chi connectivity index (χ1n) is 11.9. The fraction of sp³-hybridized carbons (Fsp3) is 0.583. The number of rotatable bonds is 5. The van der Waals surface area contributed by atoms with Crippen LogP contribution in [0.5, 0.6) is 0 Å². The minimum absolute atomic E-state index is 0.00746. The zero-order chi connectivity index (χ0) is 23.0. The lowest BCUT2D eigenvalue weighted by molar-refractivity contribution is -0.128. The highest BCUT2D eigenvalue weighted by atomic mass is 16.2. The summed E-state index contributed by atoms with van der Waals surface area (Å²) in [6.45, 7) is 4.84. The molecule has 2 saturated heterocycles. The molecule has 2 aliphatic heterocycles. The molecule has 5 atom stereocenters. The number of carbonyl (C=O) groups is 1. The minimum atomic E-state index is -0.369. The molecule has 3 fully saturated rings. The van der Waals surface area contributed by atoms with E-state index in [1.165, 1.54) is 0 Å². The van der Waals surface area contributed by atoms with Crippen LogP contribution in [0.1, 0.15) is 51.5 Å². The summed E-state index contributed by atoms with van der Waals surface area (Å²) >= 11 is 0. The quantitative estimate of drug-likeness (QED) is 0.643. The predicted octanol–water partition coefficient (Wildman–Crippen LogP) is 2.21. The highest BCUT2D eigenvalue weighted by Crippen LogP contribution is 2.36. The van der Waals surface area contributed by atoms with Crippen LogP contribution in [0.2, 0.25) is 0 Å². The van der Waals surface area contributed by atoms with Crippen molar-refractivity contribution < 1.29 is 4.79 Å². The first-order chi connectivity index (χ1) is 16.0. The summed E-state index contributed by atoms with van der Waals surface area (Å²) in [5.74, 6) is -0.122. The van der Waals surface area contributed by atoms with Crippen LogP contribution >= 0.6 is 0 Å². The van der Waals surface area contributed by atoms with Crippen molar-refractivity contribution in [3.63, 3.8) is 0 Å². The number of hydrogen-bond donors (Lipinski definition) is 3. The average Bonchev–Trinajstić information content (AvgIpc) is 3.49. The lowest BCUT2D eigenvalue weighted by Gasteiger charge is -2.39. The highest BCUT2D eigenvalue weighted by Gasteiger charge is 2.51. The van der Waals surface area contributed by atoms with E-state index in [1.54, 1.807) is 17.2 Å². The molecule has 3 unspecified atom stereocenters. The van der Waals surface area contributed by atoms with Crippen LogP contribution in [-0.2, 0) is 10.3 Å². The SMILES string of the molecule is CC(C)(c1ccc(NC2NN([C@H]3CCCC[C@@H]3C#N)C3CCNC(=O)C23)cc1)n1nccn1. The second kappa shape index (κ2) is 8.76. The third kappa shape index (κ3) is 3.98. The molecule has 2 aromatic rings. The van der Waals surface area contributed by atoms with Crippen molar-refractivity contribution >= 4 is 11.6 Å². The summed E-state index contributed by atoms with van der Waals surface area (Å²) in [6.07, 6.45) is 8.20. The normalized spacial score (nSPS) is 30.3. The van der Waals surface area contributed by atoms with Gasteiger partial charge in [0.25, 0.3) is 0 Å². The number of amides is 1. The Morgan fingerprint density at radius 2 is 1.82 bits per heavy atom. The van der Waals surface area contributed by atoms with E-state index in [9.17, 15) is 10.1 Å². The van der Waals surface area contributed by atoms with E-state index >= 15 is 0 Å². The van der Waals surface area contributed by atoms with E-state index in [2.05, 4.69) is 63.3 Å². The van der Waals surface area contributed by atoms with Crippen LogP contribution in [-0.4, -0.2) is 50.7 Å². The molecule has 1 amide bonds. The lowest BCUT2D eigenvalue weighted by atomic mass is 9.83. The van der Waals surface area contributed by atoms with Crippen molar-refractivity contribution in [2.24, 2.45) is 11.8 Å². The molecular weight excluding hydrogens is 416 g/mol. The van der Waals surface area contributed by atoms with Gasteiger partial charge >= 0.3 is 0 Å². The maximum atomic E-state index is 12.9. The molecule has 3 N–H and O–H groups in total. The molecule has 5 rings (SSSR count). The molecule has 33 heavy (non-hydrogen) atoms. The standard InChI is InChI=1S/C24H32N8O/c1-24(2,32-27-13-14-28-32)17-7-9-18(10-8-17)29-22-21-20(11-12-26-23(21)33)31(30-22)19-6-4-3-5-16(19)15-25/h7-10,13-14,16,19-22,29-30H,3-6,11-12H2,1-2H3,(H,26,33)/t16-,19+,20?,21?,22?/m1/s1. The molecule has 1 aromatic heterocycles. The Hall–Kier alpha value is -2.96. The maximum Gasteiger partial charge on any atom is 0.228 e. The van der Waals surface area contributed by atoms with Crippen molar-refractivity contribution in [2.75, 3.05) is 11.9 Å². The van der Waals surface area contributed by atoms with Crippen LogP contribution in [0.25, 0.3) is 0 Å². The number of piperidine rings is 1. The van der Waals surface area contributed by atoms with E-state index in [0.717, 1.165) is 43.4 Å². The Morgan fingerprint density at radius 3 is 2.55 bits per heavy atom. The fourth-order valence-electron chi connectivity index (χ4n) is 5.67. The third-order valence-corrected chi connectivity index (χ3v) is 7.55. The fourth-order valence-corrected chi connectivity index (χ4v) is 5.67. The number of fused-ring (bicyclic) bond motifs is 1. The second-order valence-corrected chi connectivity index (χ2v) is 9.87. The smallest absolute Gasteiger partial charge is 0.228 e. The van der Waals surface area contributed by atoms with Gasteiger partial charge in [0.1, 0.15) is 11.7 Å². The summed E-state index contributed by atoms with van der Waals surface area (Å²) in [7, 11) is 0. The molecule has 9 nitrogen and oxygen atoms in total. The average molecular weight is 449 g/mol. The lowest BCUT2D eigenvalue weighted by Crippen LogP contribution is -2.54. The summed E-state index contributed by atoms with van der Waals surface area (Å²) in [4.78, 5) is 14.6. The molecule has 0 radical (unpaired) electrons. The Bertz CT molecular complexity index is 1010. The summed E-state index contributed by atoms with van der Waals surface area (Å²) < 4.78 is 0. The van der Waals surface area contributed by atoms with E-state index in [-0.39, 0.29) is 41.5 Å². The largest absolute Gasteiger partial charge is 0.368 e. The zero-order valence-electron chi connectivity index (χ0n) is 19.2. The van der Waals surface area contributed by atoms with Gasteiger partial charge in [-0.25, -0.2) is 10.4 Å². The van der Waals surface area contributed by atoms with Gasteiger partial charge in [-0.1, -0.05) is 25.0 Å². The predicted molar refractivity (Wildman–Crippen MR) is 124 cm³/mol. The first-order valence-corrected chi connectivity index (χ1v) is 11.9. The molecule has 9 heteroatoms. The number of aromatic nitrogens is 3. The van der Waals surface area contributed by atoms with Crippen LogP contribution in [0, 0.1) is 23.2 Å². The van der Waals surface area contributed by atoms with Crippen LogP contribution in [0.15, 0.2) is 36.7 Å². The Labute approximate surface area is 194 Å². The zero-order valence-corrected chi connectivity index (χ0v) is 19.2. The number of hydrogen-bond acceptors (Lipinski definition) is 7. The Morgan fingerprint density at radius 1 is 1.09 bits per heavy atom. The number of anilines is 1. The molecule has 3 aliphatic rings. The first kappa shape index (κ1) is 21.9. The van der Waals surface area contributed by atoms with E-state index in [1.807, 2.05) is 12.1 Å². The van der Waals surface area contributed by atoms with Gasteiger partial charge in [-0.05, 0) is 50.8 Å².